The third kappa shape index (κ3) is 1.88. The van der Waals surface area contributed by atoms with Crippen molar-refractivity contribution in [3.05, 3.63) is 0 Å². The van der Waals surface area contributed by atoms with Crippen LogP contribution in [0.5, 0.6) is 0 Å². The predicted molar refractivity (Wildman–Crippen MR) is 67.3 cm³/mol. The lowest BCUT2D eigenvalue weighted by Crippen LogP contribution is -2.63. The van der Waals surface area contributed by atoms with Gasteiger partial charge in [-0.25, -0.2) is 0 Å². The molecule has 3 heteroatoms. The van der Waals surface area contributed by atoms with E-state index in [9.17, 15) is 4.79 Å². The highest BCUT2D eigenvalue weighted by Gasteiger charge is 2.57. The van der Waals surface area contributed by atoms with Gasteiger partial charge >= 0.3 is 0 Å². The Balaban J connectivity index is 1.86. The molecule has 2 unspecified atom stereocenters. The van der Waals surface area contributed by atoms with Gasteiger partial charge in [-0.3, -0.25) is 4.79 Å². The normalized spacial score (nSPS) is 47.2. The average molecular weight is 236 g/mol. The zero-order valence-electron chi connectivity index (χ0n) is 10.8. The van der Waals surface area contributed by atoms with Gasteiger partial charge < -0.3 is 11.1 Å². The third-order valence-corrected chi connectivity index (χ3v) is 5.30. The molecule has 0 aromatic carbocycles. The molecule has 4 saturated carbocycles. The number of nitrogens with one attached hydrogen (secondary N) is 1. The number of amides is 1. The molecule has 4 fully saturated rings. The zero-order chi connectivity index (χ0) is 12.1. The minimum atomic E-state index is 0.130. The standard InChI is InChI=1S/C14H24N2O/c1-10(17)16-14-7-11-4-12(8-14)6-13(5-11,9-14)2-3-15/h11-12H,2-9,15H2,1H3,(H,16,17). The molecule has 4 bridgehead atoms. The van der Waals surface area contributed by atoms with E-state index in [1.807, 2.05) is 0 Å². The van der Waals surface area contributed by atoms with Crippen molar-refractivity contribution >= 4 is 5.91 Å². The molecule has 0 aromatic heterocycles. The Labute approximate surface area is 104 Å². The highest BCUT2D eigenvalue weighted by molar-refractivity contribution is 5.74. The summed E-state index contributed by atoms with van der Waals surface area (Å²) in [4.78, 5) is 11.5. The molecule has 4 rings (SSSR count). The van der Waals surface area contributed by atoms with Crippen LogP contribution < -0.4 is 11.1 Å². The Kier molecular flexibility index (Phi) is 2.51. The van der Waals surface area contributed by atoms with E-state index in [-0.39, 0.29) is 11.4 Å². The Morgan fingerprint density at radius 3 is 2.47 bits per heavy atom. The maximum absolute atomic E-state index is 11.5. The molecule has 3 N–H and O–H groups in total. The van der Waals surface area contributed by atoms with Crippen LogP contribution >= 0.6 is 0 Å². The van der Waals surface area contributed by atoms with Gasteiger partial charge in [-0.15, -0.1) is 0 Å². The van der Waals surface area contributed by atoms with Crippen LogP contribution in [0.2, 0.25) is 0 Å². The molecule has 4 aliphatic carbocycles. The predicted octanol–water partition coefficient (Wildman–Crippen LogP) is 1.81. The van der Waals surface area contributed by atoms with Gasteiger partial charge in [-0.2, -0.15) is 0 Å². The first-order valence-electron chi connectivity index (χ1n) is 7.04. The smallest absolute Gasteiger partial charge is 0.217 e. The SMILES string of the molecule is CC(=O)NC12CC3CC(CC(CCN)(C3)C1)C2. The summed E-state index contributed by atoms with van der Waals surface area (Å²) < 4.78 is 0. The highest BCUT2D eigenvalue weighted by Crippen LogP contribution is 2.62. The molecule has 3 nitrogen and oxygen atoms in total. The molecule has 0 spiro atoms. The van der Waals surface area contributed by atoms with E-state index in [0.717, 1.165) is 24.8 Å². The van der Waals surface area contributed by atoms with Crippen LogP contribution in [0.1, 0.15) is 51.9 Å². The summed E-state index contributed by atoms with van der Waals surface area (Å²) in [5, 5.41) is 3.29. The number of rotatable bonds is 3. The Morgan fingerprint density at radius 2 is 1.94 bits per heavy atom. The number of hydrogen-bond acceptors (Lipinski definition) is 2. The van der Waals surface area contributed by atoms with Crippen LogP contribution in [-0.4, -0.2) is 18.0 Å². The Hall–Kier alpha value is -0.570. The van der Waals surface area contributed by atoms with E-state index < -0.39 is 0 Å². The number of hydrogen-bond donors (Lipinski definition) is 2. The molecule has 0 saturated heterocycles. The van der Waals surface area contributed by atoms with E-state index in [0.29, 0.717) is 5.41 Å². The summed E-state index contributed by atoms with van der Waals surface area (Å²) in [6.45, 7) is 2.46. The lowest BCUT2D eigenvalue weighted by atomic mass is 9.46. The lowest BCUT2D eigenvalue weighted by molar-refractivity contribution is -0.129. The molecule has 0 heterocycles. The van der Waals surface area contributed by atoms with Gasteiger partial charge in [-0.1, -0.05) is 0 Å². The second-order valence-corrected chi connectivity index (χ2v) is 6.96. The van der Waals surface area contributed by atoms with Crippen molar-refractivity contribution in [2.24, 2.45) is 23.0 Å². The summed E-state index contributed by atoms with van der Waals surface area (Å²) in [5.74, 6) is 1.83. The molecule has 96 valence electrons. The fourth-order valence-corrected chi connectivity index (χ4v) is 5.57. The van der Waals surface area contributed by atoms with Crippen molar-refractivity contribution < 1.29 is 4.79 Å². The van der Waals surface area contributed by atoms with Crippen LogP contribution in [0.15, 0.2) is 0 Å². The van der Waals surface area contributed by atoms with Crippen molar-refractivity contribution in [1.82, 2.24) is 5.32 Å². The average Bonchev–Trinajstić information content (AvgIpc) is 2.11. The Morgan fingerprint density at radius 1 is 1.29 bits per heavy atom. The minimum absolute atomic E-state index is 0.130. The first-order chi connectivity index (χ1) is 8.05. The molecule has 1 amide bonds. The number of carbonyl (C=O) groups is 1. The van der Waals surface area contributed by atoms with Crippen LogP contribution in [0.4, 0.5) is 0 Å². The third-order valence-electron chi connectivity index (χ3n) is 5.30. The summed E-state index contributed by atoms with van der Waals surface area (Å²) >= 11 is 0. The van der Waals surface area contributed by atoms with Crippen molar-refractivity contribution in [3.8, 4) is 0 Å². The van der Waals surface area contributed by atoms with E-state index >= 15 is 0 Å². The highest BCUT2D eigenvalue weighted by atomic mass is 16.1. The van der Waals surface area contributed by atoms with Crippen LogP contribution in [0.25, 0.3) is 0 Å². The monoisotopic (exact) mass is 236 g/mol. The maximum atomic E-state index is 11.5. The van der Waals surface area contributed by atoms with E-state index in [1.54, 1.807) is 6.92 Å². The quantitative estimate of drug-likeness (QED) is 0.785. The van der Waals surface area contributed by atoms with E-state index in [1.165, 1.54) is 38.5 Å². The summed E-state index contributed by atoms with van der Waals surface area (Å²) in [5.41, 5.74) is 6.40. The van der Waals surface area contributed by atoms with E-state index in [4.69, 9.17) is 5.73 Å². The van der Waals surface area contributed by atoms with Gasteiger partial charge in [0.05, 0.1) is 0 Å². The minimum Gasteiger partial charge on any atom is -0.351 e. The van der Waals surface area contributed by atoms with Gasteiger partial charge in [0.25, 0.3) is 0 Å². The van der Waals surface area contributed by atoms with Gasteiger partial charge in [0.1, 0.15) is 0 Å². The molecule has 0 radical (unpaired) electrons. The second kappa shape index (κ2) is 3.71. The summed E-state index contributed by atoms with van der Waals surface area (Å²) in [6.07, 6.45) is 8.90. The number of carbonyl (C=O) groups excluding carboxylic acids is 1. The molecule has 2 atom stereocenters. The first-order valence-corrected chi connectivity index (χ1v) is 7.04. The maximum Gasteiger partial charge on any atom is 0.217 e. The van der Waals surface area contributed by atoms with Crippen molar-refractivity contribution in [1.29, 1.82) is 0 Å². The van der Waals surface area contributed by atoms with Gasteiger partial charge in [0.2, 0.25) is 5.91 Å². The van der Waals surface area contributed by atoms with Gasteiger partial charge in [0.15, 0.2) is 0 Å². The fraction of sp³-hybridized carbons (Fsp3) is 0.929. The van der Waals surface area contributed by atoms with Crippen LogP contribution in [0.3, 0.4) is 0 Å². The summed E-state index contributed by atoms with van der Waals surface area (Å²) in [7, 11) is 0. The molecule has 17 heavy (non-hydrogen) atoms. The molecule has 0 aliphatic heterocycles. The lowest BCUT2D eigenvalue weighted by Gasteiger charge is -2.62. The van der Waals surface area contributed by atoms with Crippen molar-refractivity contribution in [2.45, 2.75) is 57.4 Å². The fourth-order valence-electron chi connectivity index (χ4n) is 5.57. The van der Waals surface area contributed by atoms with Crippen molar-refractivity contribution in [2.75, 3.05) is 6.54 Å². The summed E-state index contributed by atoms with van der Waals surface area (Å²) in [6, 6.07) is 0. The molecule has 0 aromatic rings. The molecular weight excluding hydrogens is 212 g/mol. The van der Waals surface area contributed by atoms with Gasteiger partial charge in [-0.05, 0) is 68.7 Å². The van der Waals surface area contributed by atoms with Crippen LogP contribution in [-0.2, 0) is 4.79 Å². The zero-order valence-corrected chi connectivity index (χ0v) is 10.8. The number of nitrogens with two attached hydrogens (primary N) is 1. The van der Waals surface area contributed by atoms with Gasteiger partial charge in [0, 0.05) is 12.5 Å². The van der Waals surface area contributed by atoms with Crippen LogP contribution in [0, 0.1) is 17.3 Å². The molecule has 4 aliphatic rings. The largest absolute Gasteiger partial charge is 0.351 e. The molecular formula is C14H24N2O. The second-order valence-electron chi connectivity index (χ2n) is 6.96. The first kappa shape index (κ1) is 11.5. The van der Waals surface area contributed by atoms with Crippen molar-refractivity contribution in [3.63, 3.8) is 0 Å². The van der Waals surface area contributed by atoms with E-state index in [2.05, 4.69) is 5.32 Å². The topological polar surface area (TPSA) is 55.1 Å². The Bertz CT molecular complexity index is 325.